The Bertz CT molecular complexity index is 609. The van der Waals surface area contributed by atoms with E-state index < -0.39 is 5.97 Å². The van der Waals surface area contributed by atoms with E-state index in [0.717, 1.165) is 21.9 Å². The van der Waals surface area contributed by atoms with Crippen LogP contribution in [0, 0.1) is 6.92 Å². The van der Waals surface area contributed by atoms with Gasteiger partial charge in [0.15, 0.2) is 0 Å². The fourth-order valence-corrected chi connectivity index (χ4v) is 3.45. The van der Waals surface area contributed by atoms with Gasteiger partial charge < -0.3 is 5.11 Å². The van der Waals surface area contributed by atoms with E-state index in [1.165, 1.54) is 4.88 Å². The van der Waals surface area contributed by atoms with Gasteiger partial charge in [0.05, 0.1) is 10.6 Å². The van der Waals surface area contributed by atoms with Gasteiger partial charge in [-0.05, 0) is 25.5 Å². The second kappa shape index (κ2) is 5.49. The number of hydrogen-bond acceptors (Lipinski definition) is 4. The Labute approximate surface area is 112 Å². The van der Waals surface area contributed by atoms with Crippen LogP contribution in [0.4, 0.5) is 0 Å². The molecule has 0 amide bonds. The van der Waals surface area contributed by atoms with Crippen LogP contribution in [0.5, 0.6) is 0 Å². The number of carboxylic acids is 1. The van der Waals surface area contributed by atoms with Crippen molar-refractivity contribution in [2.45, 2.75) is 26.3 Å². The van der Waals surface area contributed by atoms with E-state index in [9.17, 15) is 9.59 Å². The van der Waals surface area contributed by atoms with Crippen LogP contribution in [0.3, 0.4) is 0 Å². The summed E-state index contributed by atoms with van der Waals surface area (Å²) in [6.07, 6.45) is 0.564. The molecule has 0 aliphatic carbocycles. The third-order valence-corrected chi connectivity index (χ3v) is 4.33. The molecule has 2 aromatic rings. The first-order valence-corrected chi connectivity index (χ1v) is 7.24. The molecule has 0 fully saturated rings. The van der Waals surface area contributed by atoms with E-state index >= 15 is 0 Å². The van der Waals surface area contributed by atoms with Crippen molar-refractivity contribution in [1.82, 2.24) is 4.57 Å². The Morgan fingerprint density at radius 2 is 2.22 bits per heavy atom. The number of thiazole rings is 1. The number of carboxylic acid groups (broad SMARTS) is 1. The molecule has 2 rings (SSSR count). The second-order valence-electron chi connectivity index (χ2n) is 3.95. The van der Waals surface area contributed by atoms with Gasteiger partial charge in [-0.25, -0.2) is 0 Å². The smallest absolute Gasteiger partial charge is 0.307 e. The molecule has 0 aliphatic heterocycles. The number of aromatic nitrogens is 1. The average Bonchev–Trinajstić information content (AvgIpc) is 2.86. The number of nitrogens with zero attached hydrogens (tertiary/aromatic N) is 1. The van der Waals surface area contributed by atoms with Crippen molar-refractivity contribution < 1.29 is 9.90 Å². The molecule has 0 unspecified atom stereocenters. The number of rotatable bonds is 5. The number of aliphatic carboxylic acids is 1. The SMILES string of the molecule is Cc1ccc(-c2csc(=O)n2CCCC(=O)O)s1. The molecule has 0 saturated heterocycles. The van der Waals surface area contributed by atoms with Gasteiger partial charge in [0, 0.05) is 23.2 Å². The zero-order valence-electron chi connectivity index (χ0n) is 9.88. The maximum Gasteiger partial charge on any atom is 0.307 e. The largest absolute Gasteiger partial charge is 0.481 e. The van der Waals surface area contributed by atoms with E-state index in [-0.39, 0.29) is 11.3 Å². The molecule has 0 aromatic carbocycles. The van der Waals surface area contributed by atoms with Gasteiger partial charge in [-0.15, -0.1) is 11.3 Å². The number of thiophene rings is 1. The molecular weight excluding hydrogens is 270 g/mol. The lowest BCUT2D eigenvalue weighted by atomic mass is 10.3. The monoisotopic (exact) mass is 283 g/mol. The Balaban J connectivity index is 2.22. The topological polar surface area (TPSA) is 59.3 Å². The van der Waals surface area contributed by atoms with Gasteiger partial charge in [-0.2, -0.15) is 0 Å². The maximum atomic E-state index is 11.7. The lowest BCUT2D eigenvalue weighted by molar-refractivity contribution is -0.137. The summed E-state index contributed by atoms with van der Waals surface area (Å²) in [5, 5.41) is 10.5. The van der Waals surface area contributed by atoms with E-state index in [1.807, 2.05) is 24.4 Å². The van der Waals surface area contributed by atoms with Crippen LogP contribution >= 0.6 is 22.7 Å². The van der Waals surface area contributed by atoms with E-state index in [1.54, 1.807) is 15.9 Å². The molecule has 0 radical (unpaired) electrons. The predicted octanol–water partition coefficient (Wildman–Crippen LogP) is 2.81. The summed E-state index contributed by atoms with van der Waals surface area (Å²) in [6.45, 7) is 2.48. The molecule has 0 spiro atoms. The first kappa shape index (κ1) is 13.0. The fourth-order valence-electron chi connectivity index (χ4n) is 1.70. The second-order valence-corrected chi connectivity index (χ2v) is 6.05. The van der Waals surface area contributed by atoms with Crippen molar-refractivity contribution in [2.24, 2.45) is 0 Å². The minimum Gasteiger partial charge on any atom is -0.481 e. The first-order chi connectivity index (χ1) is 8.58. The van der Waals surface area contributed by atoms with Crippen molar-refractivity contribution in [3.63, 3.8) is 0 Å². The van der Waals surface area contributed by atoms with Crippen LogP contribution in [-0.2, 0) is 11.3 Å². The number of hydrogen-bond donors (Lipinski definition) is 1. The van der Waals surface area contributed by atoms with E-state index in [2.05, 4.69) is 0 Å². The molecule has 4 nitrogen and oxygen atoms in total. The van der Waals surface area contributed by atoms with E-state index in [4.69, 9.17) is 5.11 Å². The highest BCUT2D eigenvalue weighted by molar-refractivity contribution is 7.15. The fraction of sp³-hybridized carbons (Fsp3) is 0.333. The van der Waals surface area contributed by atoms with Crippen LogP contribution < -0.4 is 4.87 Å². The highest BCUT2D eigenvalue weighted by Crippen LogP contribution is 2.28. The summed E-state index contributed by atoms with van der Waals surface area (Å²) in [5.41, 5.74) is 0.897. The summed E-state index contributed by atoms with van der Waals surface area (Å²) in [7, 11) is 0. The van der Waals surface area contributed by atoms with E-state index in [0.29, 0.717) is 13.0 Å². The van der Waals surface area contributed by atoms with Gasteiger partial charge in [0.2, 0.25) is 0 Å². The van der Waals surface area contributed by atoms with Gasteiger partial charge in [0.1, 0.15) is 0 Å². The molecule has 6 heteroatoms. The first-order valence-electron chi connectivity index (χ1n) is 5.55. The maximum absolute atomic E-state index is 11.7. The Morgan fingerprint density at radius 1 is 1.44 bits per heavy atom. The molecule has 0 bridgehead atoms. The highest BCUT2D eigenvalue weighted by atomic mass is 32.1. The minimum atomic E-state index is -0.827. The van der Waals surface area contributed by atoms with Gasteiger partial charge in [-0.1, -0.05) is 11.3 Å². The number of aryl methyl sites for hydroxylation is 1. The van der Waals surface area contributed by atoms with Crippen molar-refractivity contribution in [3.8, 4) is 10.6 Å². The van der Waals surface area contributed by atoms with Crippen LogP contribution in [0.2, 0.25) is 0 Å². The molecule has 0 atom stereocenters. The zero-order chi connectivity index (χ0) is 13.1. The van der Waals surface area contributed by atoms with Crippen LogP contribution in [-0.4, -0.2) is 15.6 Å². The van der Waals surface area contributed by atoms with Crippen LogP contribution in [0.1, 0.15) is 17.7 Å². The normalized spacial score (nSPS) is 10.7. The summed E-state index contributed by atoms with van der Waals surface area (Å²) >= 11 is 2.80. The molecule has 18 heavy (non-hydrogen) atoms. The Hall–Kier alpha value is -1.40. The summed E-state index contributed by atoms with van der Waals surface area (Å²) in [5.74, 6) is -0.827. The summed E-state index contributed by atoms with van der Waals surface area (Å²) in [4.78, 5) is 24.4. The minimum absolute atomic E-state index is 0.0264. The van der Waals surface area contributed by atoms with Gasteiger partial charge in [-0.3, -0.25) is 14.2 Å². The lowest BCUT2D eigenvalue weighted by Gasteiger charge is -2.04. The standard InChI is InChI=1S/C12H13NO3S2/c1-8-4-5-10(18-8)9-7-17-12(16)13(9)6-2-3-11(14)15/h4-5,7H,2-3,6H2,1H3,(H,14,15). The predicted molar refractivity (Wildman–Crippen MR) is 73.5 cm³/mol. The van der Waals surface area contributed by atoms with Crippen LogP contribution in [0.25, 0.3) is 10.6 Å². The highest BCUT2D eigenvalue weighted by Gasteiger charge is 2.10. The summed E-state index contributed by atoms with van der Waals surface area (Å²) in [6, 6.07) is 4.01. The number of carbonyl (C=O) groups is 1. The van der Waals surface area contributed by atoms with Crippen LogP contribution in [0.15, 0.2) is 22.3 Å². The van der Waals surface area contributed by atoms with Crippen molar-refractivity contribution >= 4 is 28.6 Å². The van der Waals surface area contributed by atoms with Gasteiger partial charge >= 0.3 is 10.8 Å². The molecule has 0 aliphatic rings. The molecule has 1 N–H and O–H groups in total. The molecule has 2 aromatic heterocycles. The molecule has 2 heterocycles. The Kier molecular flexibility index (Phi) is 3.98. The van der Waals surface area contributed by atoms with Crippen molar-refractivity contribution in [1.29, 1.82) is 0 Å². The van der Waals surface area contributed by atoms with Crippen molar-refractivity contribution in [3.05, 3.63) is 32.1 Å². The molecule has 0 saturated carbocycles. The third-order valence-electron chi connectivity index (χ3n) is 2.55. The molecular formula is C12H13NO3S2. The lowest BCUT2D eigenvalue weighted by Crippen LogP contribution is -2.14. The van der Waals surface area contributed by atoms with Crippen molar-refractivity contribution in [2.75, 3.05) is 0 Å². The Morgan fingerprint density at radius 3 is 2.83 bits per heavy atom. The van der Waals surface area contributed by atoms with Gasteiger partial charge in [0.25, 0.3) is 0 Å². The quantitative estimate of drug-likeness (QED) is 0.918. The zero-order valence-corrected chi connectivity index (χ0v) is 11.5. The summed E-state index contributed by atoms with van der Waals surface area (Å²) < 4.78 is 1.67. The average molecular weight is 283 g/mol. The third kappa shape index (κ3) is 2.88. The molecule has 96 valence electrons.